The first kappa shape index (κ1) is 15.8. The molecule has 1 amide bonds. The summed E-state index contributed by atoms with van der Waals surface area (Å²) in [6.45, 7) is 0. The van der Waals surface area contributed by atoms with Gasteiger partial charge in [0.05, 0.1) is 22.6 Å². The second kappa shape index (κ2) is 6.17. The van der Waals surface area contributed by atoms with Crippen molar-refractivity contribution in [1.29, 1.82) is 0 Å². The Labute approximate surface area is 140 Å². The normalized spacial score (nSPS) is 10.6. The van der Waals surface area contributed by atoms with Gasteiger partial charge in [-0.1, -0.05) is 23.7 Å². The van der Waals surface area contributed by atoms with Gasteiger partial charge in [-0.25, -0.2) is 19.2 Å². The predicted molar refractivity (Wildman–Crippen MR) is 86.8 cm³/mol. The summed E-state index contributed by atoms with van der Waals surface area (Å²) in [7, 11) is 0. The number of carbonyl (C=O) groups excluding carboxylic acids is 1. The van der Waals surface area contributed by atoms with Crippen LogP contribution in [0.25, 0.3) is 22.6 Å². The molecule has 0 radical (unpaired) electrons. The number of rotatable bonds is 3. The van der Waals surface area contributed by atoms with E-state index in [1.165, 1.54) is 24.4 Å². The molecule has 3 rings (SSSR count). The summed E-state index contributed by atoms with van der Waals surface area (Å²) in [4.78, 5) is 21.9. The Morgan fingerprint density at radius 2 is 2.08 bits per heavy atom. The summed E-state index contributed by atoms with van der Waals surface area (Å²) < 4.78 is 19.0. The molecular formula is C15H11ClFN5O2. The lowest BCUT2D eigenvalue weighted by molar-refractivity contribution is 0.211. The van der Waals surface area contributed by atoms with Crippen LogP contribution in [0.3, 0.4) is 0 Å². The van der Waals surface area contributed by atoms with E-state index in [0.29, 0.717) is 5.69 Å². The number of aromatic amines is 1. The Hall–Kier alpha value is -3.13. The molecule has 0 saturated heterocycles. The van der Waals surface area contributed by atoms with E-state index in [2.05, 4.69) is 15.0 Å². The monoisotopic (exact) mass is 347 g/mol. The number of carbonyl (C=O) groups is 1. The third-order valence-corrected chi connectivity index (χ3v) is 3.43. The van der Waals surface area contributed by atoms with Gasteiger partial charge in [0.1, 0.15) is 11.5 Å². The second-order valence-corrected chi connectivity index (χ2v) is 5.16. The number of aromatic nitrogens is 3. The van der Waals surface area contributed by atoms with E-state index in [4.69, 9.17) is 27.8 Å². The maximum absolute atomic E-state index is 14.1. The standard InChI is InChI=1S/C15H11ClFN5O2/c16-8-6-20-14(18)22-13(8)10-5-11(24-15(19)23)12(21-10)7-3-1-2-4-9(7)17/h1-6,21H,(H2,19,23)(H2,18,20,22). The first-order valence-corrected chi connectivity index (χ1v) is 7.07. The molecule has 7 nitrogen and oxygen atoms in total. The summed E-state index contributed by atoms with van der Waals surface area (Å²) in [6, 6.07) is 7.41. The summed E-state index contributed by atoms with van der Waals surface area (Å²) in [5, 5.41) is 0.219. The lowest BCUT2D eigenvalue weighted by Gasteiger charge is -2.04. The highest BCUT2D eigenvalue weighted by Gasteiger charge is 2.19. The zero-order valence-corrected chi connectivity index (χ0v) is 12.8. The molecule has 122 valence electrons. The van der Waals surface area contributed by atoms with Crippen LogP contribution in [0.1, 0.15) is 0 Å². The van der Waals surface area contributed by atoms with E-state index in [-0.39, 0.29) is 33.7 Å². The number of ether oxygens (including phenoxy) is 1. The third-order valence-electron chi connectivity index (χ3n) is 3.15. The zero-order chi connectivity index (χ0) is 17.3. The maximum Gasteiger partial charge on any atom is 0.410 e. The van der Waals surface area contributed by atoms with Crippen LogP contribution < -0.4 is 16.2 Å². The molecule has 9 heteroatoms. The fourth-order valence-electron chi connectivity index (χ4n) is 2.19. The van der Waals surface area contributed by atoms with Gasteiger partial charge in [-0.15, -0.1) is 0 Å². The van der Waals surface area contributed by atoms with Gasteiger partial charge in [-0.2, -0.15) is 0 Å². The number of nitrogen functional groups attached to an aromatic ring is 1. The number of nitrogens with two attached hydrogens (primary N) is 2. The van der Waals surface area contributed by atoms with Gasteiger partial charge in [0.2, 0.25) is 5.95 Å². The van der Waals surface area contributed by atoms with E-state index < -0.39 is 11.9 Å². The van der Waals surface area contributed by atoms with E-state index in [0.717, 1.165) is 0 Å². The average Bonchev–Trinajstić information content (AvgIpc) is 2.93. The van der Waals surface area contributed by atoms with Gasteiger partial charge in [0, 0.05) is 11.6 Å². The van der Waals surface area contributed by atoms with Gasteiger partial charge in [-0.3, -0.25) is 0 Å². The fraction of sp³-hybridized carbons (Fsp3) is 0. The van der Waals surface area contributed by atoms with Crippen molar-refractivity contribution in [3.05, 3.63) is 47.4 Å². The SMILES string of the molecule is NC(=O)Oc1cc(-c2nc(N)ncc2Cl)[nH]c1-c1ccccc1F. The number of hydrogen-bond donors (Lipinski definition) is 3. The van der Waals surface area contributed by atoms with Crippen molar-refractivity contribution in [3.8, 4) is 28.4 Å². The minimum absolute atomic E-state index is 0.00816. The number of halogens is 2. The molecule has 0 fully saturated rings. The molecule has 24 heavy (non-hydrogen) atoms. The van der Waals surface area contributed by atoms with E-state index >= 15 is 0 Å². The smallest absolute Gasteiger partial charge is 0.408 e. The minimum atomic E-state index is -1.04. The summed E-state index contributed by atoms with van der Waals surface area (Å²) >= 11 is 6.07. The van der Waals surface area contributed by atoms with E-state index in [1.807, 2.05) is 0 Å². The first-order chi connectivity index (χ1) is 11.5. The second-order valence-electron chi connectivity index (χ2n) is 4.75. The summed E-state index contributed by atoms with van der Waals surface area (Å²) in [5.74, 6) is -0.460. The Morgan fingerprint density at radius 1 is 1.33 bits per heavy atom. The van der Waals surface area contributed by atoms with Crippen molar-refractivity contribution in [2.24, 2.45) is 5.73 Å². The van der Waals surface area contributed by atoms with Gasteiger partial charge in [-0.05, 0) is 12.1 Å². The topological polar surface area (TPSA) is 120 Å². The van der Waals surface area contributed by atoms with Gasteiger partial charge < -0.3 is 21.2 Å². The largest absolute Gasteiger partial charge is 0.410 e. The Morgan fingerprint density at radius 3 is 2.79 bits per heavy atom. The maximum atomic E-state index is 14.1. The third kappa shape index (κ3) is 2.99. The van der Waals surface area contributed by atoms with Crippen LogP contribution in [-0.2, 0) is 0 Å². The molecule has 1 aromatic carbocycles. The quantitative estimate of drug-likeness (QED) is 0.672. The lowest BCUT2D eigenvalue weighted by Crippen LogP contribution is -2.16. The lowest BCUT2D eigenvalue weighted by atomic mass is 10.1. The minimum Gasteiger partial charge on any atom is -0.408 e. The van der Waals surface area contributed by atoms with E-state index in [1.54, 1.807) is 12.1 Å². The molecule has 0 bridgehead atoms. The van der Waals surface area contributed by atoms with Crippen LogP contribution in [0.2, 0.25) is 5.02 Å². The number of hydrogen-bond acceptors (Lipinski definition) is 5. The summed E-state index contributed by atoms with van der Waals surface area (Å²) in [5.41, 5.74) is 11.7. The van der Waals surface area contributed by atoms with Crippen LogP contribution in [-0.4, -0.2) is 21.0 Å². The molecule has 0 aliphatic carbocycles. The Bertz CT molecular complexity index is 928. The predicted octanol–water partition coefficient (Wildman–Crippen LogP) is 2.97. The highest BCUT2D eigenvalue weighted by atomic mass is 35.5. The molecule has 0 unspecified atom stereocenters. The van der Waals surface area contributed by atoms with Gasteiger partial charge in [0.15, 0.2) is 5.75 Å². The van der Waals surface area contributed by atoms with Gasteiger partial charge >= 0.3 is 6.09 Å². The molecule has 0 spiro atoms. The average molecular weight is 348 g/mol. The van der Waals surface area contributed by atoms with Crippen molar-refractivity contribution in [1.82, 2.24) is 15.0 Å². The Balaban J connectivity index is 2.19. The van der Waals surface area contributed by atoms with Crippen molar-refractivity contribution < 1.29 is 13.9 Å². The number of amides is 1. The molecule has 0 aliphatic rings. The fourth-order valence-corrected chi connectivity index (χ4v) is 2.38. The van der Waals surface area contributed by atoms with Crippen molar-refractivity contribution >= 4 is 23.6 Å². The van der Waals surface area contributed by atoms with Crippen LogP contribution in [0, 0.1) is 5.82 Å². The molecule has 0 aliphatic heterocycles. The number of anilines is 1. The number of primary amides is 1. The molecule has 0 saturated carbocycles. The van der Waals surface area contributed by atoms with Crippen LogP contribution in [0.4, 0.5) is 15.1 Å². The first-order valence-electron chi connectivity index (χ1n) is 6.69. The van der Waals surface area contributed by atoms with Gasteiger partial charge in [0.25, 0.3) is 0 Å². The number of benzene rings is 1. The highest BCUT2D eigenvalue weighted by molar-refractivity contribution is 6.32. The molecule has 0 atom stereocenters. The van der Waals surface area contributed by atoms with Crippen LogP contribution >= 0.6 is 11.6 Å². The Kier molecular flexibility index (Phi) is 4.05. The highest BCUT2D eigenvalue weighted by Crippen LogP contribution is 2.37. The zero-order valence-electron chi connectivity index (χ0n) is 12.1. The number of nitrogens with one attached hydrogen (secondary N) is 1. The number of H-pyrrole nitrogens is 1. The number of nitrogens with zero attached hydrogens (tertiary/aromatic N) is 2. The summed E-state index contributed by atoms with van der Waals surface area (Å²) in [6.07, 6.45) is 0.295. The molecule has 3 aromatic rings. The van der Waals surface area contributed by atoms with Crippen molar-refractivity contribution in [3.63, 3.8) is 0 Å². The molecular weight excluding hydrogens is 337 g/mol. The van der Waals surface area contributed by atoms with Crippen LogP contribution in [0.5, 0.6) is 5.75 Å². The van der Waals surface area contributed by atoms with Crippen LogP contribution in [0.15, 0.2) is 36.5 Å². The van der Waals surface area contributed by atoms with E-state index in [9.17, 15) is 9.18 Å². The molecule has 5 N–H and O–H groups in total. The molecule has 2 aromatic heterocycles. The molecule has 2 heterocycles. The van der Waals surface area contributed by atoms with Crippen molar-refractivity contribution in [2.45, 2.75) is 0 Å². The van der Waals surface area contributed by atoms with Crippen molar-refractivity contribution in [2.75, 3.05) is 5.73 Å².